The van der Waals surface area contributed by atoms with E-state index in [4.69, 9.17) is 9.47 Å². The Morgan fingerprint density at radius 3 is 2.05 bits per heavy atom. The summed E-state index contributed by atoms with van der Waals surface area (Å²) in [6.07, 6.45) is 0. The zero-order valence-corrected chi connectivity index (χ0v) is 12.6. The zero-order chi connectivity index (χ0) is 15.2. The molecule has 0 heterocycles. The molecule has 0 N–H and O–H groups in total. The highest BCUT2D eigenvalue weighted by molar-refractivity contribution is 5.91. The van der Waals surface area contributed by atoms with Crippen LogP contribution < -0.4 is 9.47 Å². The fourth-order valence-electron chi connectivity index (χ4n) is 1.94. The molecule has 3 nitrogen and oxygen atoms in total. The standard InChI is InChI=1S/C18H20O3/c1-4-20-16-9-11-17(12-10-16)21-18(19)15-7-5-14(6-8-15)13(2)3/h5-13H,4H2,1-3H3. The molecular weight excluding hydrogens is 264 g/mol. The molecular formula is C18H20O3. The van der Waals surface area contributed by atoms with Crippen molar-refractivity contribution in [3.8, 4) is 11.5 Å². The maximum atomic E-state index is 12.1. The molecule has 2 aromatic rings. The third-order valence-electron chi connectivity index (χ3n) is 3.16. The van der Waals surface area contributed by atoms with Crippen LogP contribution in [0.25, 0.3) is 0 Å². The molecule has 0 spiro atoms. The first-order chi connectivity index (χ1) is 10.1. The van der Waals surface area contributed by atoms with E-state index in [-0.39, 0.29) is 5.97 Å². The van der Waals surface area contributed by atoms with Crippen LogP contribution in [0.3, 0.4) is 0 Å². The normalized spacial score (nSPS) is 10.5. The smallest absolute Gasteiger partial charge is 0.343 e. The lowest BCUT2D eigenvalue weighted by molar-refractivity contribution is 0.0734. The van der Waals surface area contributed by atoms with Crippen LogP contribution >= 0.6 is 0 Å². The minimum absolute atomic E-state index is 0.352. The van der Waals surface area contributed by atoms with E-state index >= 15 is 0 Å². The van der Waals surface area contributed by atoms with Crippen molar-refractivity contribution >= 4 is 5.97 Å². The van der Waals surface area contributed by atoms with Gasteiger partial charge in [-0.15, -0.1) is 0 Å². The van der Waals surface area contributed by atoms with Crippen molar-refractivity contribution in [1.29, 1.82) is 0 Å². The Labute approximate surface area is 125 Å². The summed E-state index contributed by atoms with van der Waals surface area (Å²) < 4.78 is 10.7. The molecule has 0 bridgehead atoms. The van der Waals surface area contributed by atoms with E-state index in [0.717, 1.165) is 5.75 Å². The van der Waals surface area contributed by atoms with E-state index in [1.54, 1.807) is 36.4 Å². The van der Waals surface area contributed by atoms with Crippen LogP contribution in [0.4, 0.5) is 0 Å². The summed E-state index contributed by atoms with van der Waals surface area (Å²) in [5.74, 6) is 1.37. The predicted molar refractivity (Wildman–Crippen MR) is 83.1 cm³/mol. The van der Waals surface area contributed by atoms with Crippen LogP contribution in [-0.4, -0.2) is 12.6 Å². The maximum absolute atomic E-state index is 12.1. The largest absolute Gasteiger partial charge is 0.494 e. The van der Waals surface area contributed by atoms with Gasteiger partial charge in [-0.2, -0.15) is 0 Å². The molecule has 3 heteroatoms. The SMILES string of the molecule is CCOc1ccc(OC(=O)c2ccc(C(C)C)cc2)cc1. The Hall–Kier alpha value is -2.29. The summed E-state index contributed by atoms with van der Waals surface area (Å²) in [5, 5.41) is 0. The summed E-state index contributed by atoms with van der Waals surface area (Å²) >= 11 is 0. The predicted octanol–water partition coefficient (Wildman–Crippen LogP) is 4.43. The van der Waals surface area contributed by atoms with Gasteiger partial charge in [0.15, 0.2) is 0 Å². The second kappa shape index (κ2) is 6.93. The lowest BCUT2D eigenvalue weighted by Crippen LogP contribution is -2.08. The third kappa shape index (κ3) is 4.09. The summed E-state index contributed by atoms with van der Waals surface area (Å²) in [4.78, 5) is 12.1. The van der Waals surface area contributed by atoms with Gasteiger partial charge in [0.05, 0.1) is 12.2 Å². The molecule has 2 aromatic carbocycles. The average molecular weight is 284 g/mol. The van der Waals surface area contributed by atoms with E-state index in [1.807, 2.05) is 19.1 Å². The summed E-state index contributed by atoms with van der Waals surface area (Å²) in [7, 11) is 0. The summed E-state index contributed by atoms with van der Waals surface area (Å²) in [6, 6.07) is 14.5. The van der Waals surface area contributed by atoms with Gasteiger partial charge in [-0.25, -0.2) is 4.79 Å². The number of benzene rings is 2. The van der Waals surface area contributed by atoms with Crippen LogP contribution in [0.5, 0.6) is 11.5 Å². The first-order valence-corrected chi connectivity index (χ1v) is 7.15. The third-order valence-corrected chi connectivity index (χ3v) is 3.16. The quantitative estimate of drug-likeness (QED) is 0.602. The van der Waals surface area contributed by atoms with Gasteiger partial charge >= 0.3 is 5.97 Å². The fourth-order valence-corrected chi connectivity index (χ4v) is 1.94. The van der Waals surface area contributed by atoms with Crippen molar-refractivity contribution in [3.05, 3.63) is 59.7 Å². The molecule has 0 unspecified atom stereocenters. The highest BCUT2D eigenvalue weighted by atomic mass is 16.5. The molecule has 0 aromatic heterocycles. The number of carbonyl (C=O) groups is 1. The second-order valence-corrected chi connectivity index (χ2v) is 5.07. The van der Waals surface area contributed by atoms with Crippen molar-refractivity contribution in [3.63, 3.8) is 0 Å². The Kier molecular flexibility index (Phi) is 4.99. The average Bonchev–Trinajstić information content (AvgIpc) is 2.49. The van der Waals surface area contributed by atoms with Gasteiger partial charge in [-0.3, -0.25) is 0 Å². The van der Waals surface area contributed by atoms with E-state index in [9.17, 15) is 4.79 Å². The number of hydrogen-bond acceptors (Lipinski definition) is 3. The van der Waals surface area contributed by atoms with Crippen molar-refractivity contribution in [2.75, 3.05) is 6.61 Å². The van der Waals surface area contributed by atoms with Gasteiger partial charge in [0.25, 0.3) is 0 Å². The topological polar surface area (TPSA) is 35.5 Å². The van der Waals surface area contributed by atoms with Crippen molar-refractivity contribution in [1.82, 2.24) is 0 Å². The number of rotatable bonds is 5. The van der Waals surface area contributed by atoms with Crippen molar-refractivity contribution in [2.45, 2.75) is 26.7 Å². The Balaban J connectivity index is 2.03. The number of carbonyl (C=O) groups excluding carboxylic acids is 1. The second-order valence-electron chi connectivity index (χ2n) is 5.07. The molecule has 0 aliphatic rings. The maximum Gasteiger partial charge on any atom is 0.343 e. The lowest BCUT2D eigenvalue weighted by Gasteiger charge is -2.08. The lowest BCUT2D eigenvalue weighted by atomic mass is 10.0. The first-order valence-electron chi connectivity index (χ1n) is 7.15. The van der Waals surface area contributed by atoms with E-state index in [1.165, 1.54) is 5.56 Å². The molecule has 0 aliphatic heterocycles. The fraction of sp³-hybridized carbons (Fsp3) is 0.278. The van der Waals surface area contributed by atoms with E-state index in [0.29, 0.717) is 23.8 Å². The molecule has 0 atom stereocenters. The number of hydrogen-bond donors (Lipinski definition) is 0. The molecule has 0 saturated carbocycles. The highest BCUT2D eigenvalue weighted by Gasteiger charge is 2.09. The number of ether oxygens (including phenoxy) is 2. The molecule has 110 valence electrons. The van der Waals surface area contributed by atoms with E-state index < -0.39 is 0 Å². The summed E-state index contributed by atoms with van der Waals surface area (Å²) in [5.41, 5.74) is 1.75. The van der Waals surface area contributed by atoms with E-state index in [2.05, 4.69) is 13.8 Å². The van der Waals surface area contributed by atoms with Crippen molar-refractivity contribution in [2.24, 2.45) is 0 Å². The molecule has 0 radical (unpaired) electrons. The molecule has 21 heavy (non-hydrogen) atoms. The van der Waals surface area contributed by atoms with Crippen molar-refractivity contribution < 1.29 is 14.3 Å². The van der Waals surface area contributed by atoms with Gasteiger partial charge in [-0.1, -0.05) is 26.0 Å². The van der Waals surface area contributed by atoms with Crippen LogP contribution in [0.15, 0.2) is 48.5 Å². The van der Waals surface area contributed by atoms with Crippen LogP contribution in [-0.2, 0) is 0 Å². The minimum atomic E-state index is -0.352. The van der Waals surface area contributed by atoms with Gasteiger partial charge in [0, 0.05) is 0 Å². The minimum Gasteiger partial charge on any atom is -0.494 e. The Morgan fingerprint density at radius 1 is 0.952 bits per heavy atom. The number of esters is 1. The molecule has 0 amide bonds. The van der Waals surface area contributed by atoms with Crippen LogP contribution in [0, 0.1) is 0 Å². The van der Waals surface area contributed by atoms with Crippen LogP contribution in [0.2, 0.25) is 0 Å². The monoisotopic (exact) mass is 284 g/mol. The van der Waals surface area contributed by atoms with Gasteiger partial charge in [0.1, 0.15) is 11.5 Å². The zero-order valence-electron chi connectivity index (χ0n) is 12.6. The Bertz CT molecular complexity index is 583. The Morgan fingerprint density at radius 2 is 1.52 bits per heavy atom. The van der Waals surface area contributed by atoms with Gasteiger partial charge < -0.3 is 9.47 Å². The molecule has 2 rings (SSSR count). The summed E-state index contributed by atoms with van der Waals surface area (Å²) in [6.45, 7) is 6.77. The molecule has 0 aliphatic carbocycles. The van der Waals surface area contributed by atoms with Gasteiger partial charge in [0.2, 0.25) is 0 Å². The van der Waals surface area contributed by atoms with Gasteiger partial charge in [-0.05, 0) is 54.8 Å². The first kappa shape index (κ1) is 15.1. The highest BCUT2D eigenvalue weighted by Crippen LogP contribution is 2.19. The molecule has 0 saturated heterocycles. The molecule has 0 fully saturated rings. The van der Waals surface area contributed by atoms with Crippen LogP contribution in [0.1, 0.15) is 42.6 Å².